The summed E-state index contributed by atoms with van der Waals surface area (Å²) < 4.78 is 0. The molecule has 0 bridgehead atoms. The van der Waals surface area contributed by atoms with Crippen LogP contribution < -0.4 is 5.32 Å². The fraction of sp³-hybridized carbons (Fsp3) is 0.235. The molecule has 2 aromatic carbocycles. The first-order chi connectivity index (χ1) is 9.36. The van der Waals surface area contributed by atoms with Gasteiger partial charge in [-0.05, 0) is 43.0 Å². The van der Waals surface area contributed by atoms with Crippen LogP contribution >= 0.6 is 0 Å². The molecule has 1 radical (unpaired) electrons. The number of aryl methyl sites for hydroxylation is 1. The highest BCUT2D eigenvalue weighted by atomic mass is 16.1. The number of amides is 1. The highest BCUT2D eigenvalue weighted by Gasteiger charge is 2.02. The van der Waals surface area contributed by atoms with E-state index in [4.69, 9.17) is 0 Å². The van der Waals surface area contributed by atoms with Crippen LogP contribution in [0.25, 0.3) is 0 Å². The van der Waals surface area contributed by atoms with Gasteiger partial charge in [-0.25, -0.2) is 0 Å². The standard InChI is InChI=1S/C17H18NO/c19-17(16-12-5-2-6-13-16)18-14-8-7-11-15-9-3-1-4-10-15/h1-5,9-10,12-13H,7-8,11,14H2,(H,18,19). The Morgan fingerprint density at radius 3 is 2.63 bits per heavy atom. The predicted molar refractivity (Wildman–Crippen MR) is 77.0 cm³/mol. The van der Waals surface area contributed by atoms with Gasteiger partial charge in [-0.3, -0.25) is 4.79 Å². The SMILES string of the molecule is O=C(NCCCCc1ccccc1)c1c[c]ccc1. The second kappa shape index (κ2) is 7.37. The molecule has 0 unspecified atom stereocenters. The topological polar surface area (TPSA) is 29.1 Å². The monoisotopic (exact) mass is 252 g/mol. The average molecular weight is 252 g/mol. The van der Waals surface area contributed by atoms with Crippen molar-refractivity contribution < 1.29 is 4.79 Å². The van der Waals surface area contributed by atoms with Crippen LogP contribution in [-0.4, -0.2) is 12.5 Å². The zero-order chi connectivity index (χ0) is 13.3. The Hall–Kier alpha value is -2.09. The lowest BCUT2D eigenvalue weighted by Gasteiger charge is -2.05. The number of carbonyl (C=O) groups is 1. The van der Waals surface area contributed by atoms with Crippen molar-refractivity contribution in [3.05, 3.63) is 71.8 Å². The molecule has 1 amide bonds. The summed E-state index contributed by atoms with van der Waals surface area (Å²) in [7, 11) is 0. The van der Waals surface area contributed by atoms with E-state index in [1.807, 2.05) is 12.1 Å². The van der Waals surface area contributed by atoms with Crippen molar-refractivity contribution in [2.24, 2.45) is 0 Å². The Morgan fingerprint density at radius 1 is 1.05 bits per heavy atom. The minimum absolute atomic E-state index is 0.0171. The number of carbonyl (C=O) groups excluding carboxylic acids is 1. The molecule has 2 heteroatoms. The Labute approximate surface area is 114 Å². The molecule has 0 saturated carbocycles. The van der Waals surface area contributed by atoms with Crippen LogP contribution in [0.1, 0.15) is 28.8 Å². The van der Waals surface area contributed by atoms with E-state index in [1.165, 1.54) is 5.56 Å². The molecule has 1 N–H and O–H groups in total. The van der Waals surface area contributed by atoms with Crippen molar-refractivity contribution in [1.82, 2.24) is 5.32 Å². The van der Waals surface area contributed by atoms with E-state index in [0.717, 1.165) is 25.8 Å². The maximum absolute atomic E-state index is 11.7. The Kier molecular flexibility index (Phi) is 5.17. The van der Waals surface area contributed by atoms with E-state index < -0.39 is 0 Å². The number of rotatable bonds is 6. The van der Waals surface area contributed by atoms with Crippen molar-refractivity contribution in [2.75, 3.05) is 6.54 Å². The molecule has 0 aliphatic carbocycles. The Morgan fingerprint density at radius 2 is 1.89 bits per heavy atom. The van der Waals surface area contributed by atoms with E-state index in [9.17, 15) is 4.79 Å². The first-order valence-electron chi connectivity index (χ1n) is 6.64. The number of hydrogen-bond donors (Lipinski definition) is 1. The van der Waals surface area contributed by atoms with Crippen molar-refractivity contribution in [3.8, 4) is 0 Å². The molecule has 0 aliphatic rings. The summed E-state index contributed by atoms with van der Waals surface area (Å²) in [5.41, 5.74) is 2.03. The third-order valence-electron chi connectivity index (χ3n) is 2.99. The Balaban J connectivity index is 1.63. The van der Waals surface area contributed by atoms with Crippen LogP contribution in [0.3, 0.4) is 0 Å². The second-order valence-electron chi connectivity index (χ2n) is 4.49. The molecule has 97 valence electrons. The fourth-order valence-electron chi connectivity index (χ4n) is 1.94. The summed E-state index contributed by atoms with van der Waals surface area (Å²) in [5, 5.41) is 2.93. The van der Waals surface area contributed by atoms with Crippen molar-refractivity contribution >= 4 is 5.91 Å². The predicted octanol–water partition coefficient (Wildman–Crippen LogP) is 3.24. The summed E-state index contributed by atoms with van der Waals surface area (Å²) >= 11 is 0. The first-order valence-corrected chi connectivity index (χ1v) is 6.64. The summed E-state index contributed by atoms with van der Waals surface area (Å²) in [6.45, 7) is 0.723. The highest BCUT2D eigenvalue weighted by Crippen LogP contribution is 2.04. The van der Waals surface area contributed by atoms with Gasteiger partial charge in [0.1, 0.15) is 0 Å². The van der Waals surface area contributed by atoms with E-state index >= 15 is 0 Å². The number of unbranched alkanes of at least 4 members (excludes halogenated alkanes) is 1. The summed E-state index contributed by atoms with van der Waals surface area (Å²) in [6.07, 6.45) is 3.15. The lowest BCUT2D eigenvalue weighted by atomic mass is 10.1. The molecular formula is C17H18NO. The summed E-state index contributed by atoms with van der Waals surface area (Å²) in [5.74, 6) is -0.0171. The minimum atomic E-state index is -0.0171. The van der Waals surface area contributed by atoms with E-state index in [0.29, 0.717) is 5.56 Å². The van der Waals surface area contributed by atoms with Crippen molar-refractivity contribution in [2.45, 2.75) is 19.3 Å². The third kappa shape index (κ3) is 4.59. The molecule has 0 aromatic heterocycles. The van der Waals surface area contributed by atoms with Gasteiger partial charge < -0.3 is 5.32 Å². The van der Waals surface area contributed by atoms with Crippen LogP contribution in [-0.2, 0) is 6.42 Å². The summed E-state index contributed by atoms with van der Waals surface area (Å²) in [6, 6.07) is 20.4. The van der Waals surface area contributed by atoms with Gasteiger partial charge in [-0.2, -0.15) is 0 Å². The zero-order valence-corrected chi connectivity index (χ0v) is 10.9. The fourth-order valence-corrected chi connectivity index (χ4v) is 1.94. The Bertz CT molecular complexity index is 493. The normalized spacial score (nSPS) is 10.1. The van der Waals surface area contributed by atoms with Crippen LogP contribution in [0.2, 0.25) is 0 Å². The van der Waals surface area contributed by atoms with Crippen LogP contribution in [0, 0.1) is 6.07 Å². The number of nitrogens with one attached hydrogen (secondary N) is 1. The van der Waals surface area contributed by atoms with Crippen LogP contribution in [0.15, 0.2) is 54.6 Å². The van der Waals surface area contributed by atoms with Crippen LogP contribution in [0.5, 0.6) is 0 Å². The lowest BCUT2D eigenvalue weighted by Crippen LogP contribution is -2.24. The molecule has 0 saturated heterocycles. The molecule has 0 aliphatic heterocycles. The van der Waals surface area contributed by atoms with Gasteiger partial charge in [-0.1, -0.05) is 42.5 Å². The highest BCUT2D eigenvalue weighted by molar-refractivity contribution is 5.93. The quantitative estimate of drug-likeness (QED) is 0.786. The second-order valence-corrected chi connectivity index (χ2v) is 4.49. The molecule has 0 heterocycles. The zero-order valence-electron chi connectivity index (χ0n) is 10.9. The summed E-state index contributed by atoms with van der Waals surface area (Å²) in [4.78, 5) is 11.7. The van der Waals surface area contributed by atoms with Gasteiger partial charge in [0.2, 0.25) is 0 Å². The lowest BCUT2D eigenvalue weighted by molar-refractivity contribution is 0.0953. The van der Waals surface area contributed by atoms with Gasteiger partial charge >= 0.3 is 0 Å². The molecule has 2 nitrogen and oxygen atoms in total. The largest absolute Gasteiger partial charge is 0.352 e. The molecule has 0 atom stereocenters. The van der Waals surface area contributed by atoms with Crippen molar-refractivity contribution in [1.29, 1.82) is 0 Å². The maximum atomic E-state index is 11.7. The van der Waals surface area contributed by atoms with E-state index in [2.05, 4.69) is 35.6 Å². The third-order valence-corrected chi connectivity index (χ3v) is 2.99. The van der Waals surface area contributed by atoms with Gasteiger partial charge in [0.15, 0.2) is 0 Å². The van der Waals surface area contributed by atoms with E-state index in [1.54, 1.807) is 18.2 Å². The molecule has 0 fully saturated rings. The number of hydrogen-bond acceptors (Lipinski definition) is 1. The molecule has 2 rings (SSSR count). The smallest absolute Gasteiger partial charge is 0.251 e. The first kappa shape index (κ1) is 13.3. The van der Waals surface area contributed by atoms with Gasteiger partial charge in [0.25, 0.3) is 5.91 Å². The number of benzene rings is 2. The molecular weight excluding hydrogens is 234 g/mol. The van der Waals surface area contributed by atoms with Gasteiger partial charge in [-0.15, -0.1) is 0 Å². The van der Waals surface area contributed by atoms with Gasteiger partial charge in [0.05, 0.1) is 0 Å². The van der Waals surface area contributed by atoms with Gasteiger partial charge in [0, 0.05) is 12.1 Å². The average Bonchev–Trinajstić information content (AvgIpc) is 2.49. The molecule has 19 heavy (non-hydrogen) atoms. The minimum Gasteiger partial charge on any atom is -0.352 e. The molecule has 0 spiro atoms. The van der Waals surface area contributed by atoms with E-state index in [-0.39, 0.29) is 5.91 Å². The molecule has 2 aromatic rings. The van der Waals surface area contributed by atoms with Crippen molar-refractivity contribution in [3.63, 3.8) is 0 Å². The van der Waals surface area contributed by atoms with Crippen LogP contribution in [0.4, 0.5) is 0 Å². The maximum Gasteiger partial charge on any atom is 0.251 e.